The first kappa shape index (κ1) is 10.9. The van der Waals surface area contributed by atoms with Crippen molar-refractivity contribution >= 4 is 23.0 Å². The molecule has 0 radical (unpaired) electrons. The maximum absolute atomic E-state index is 5.09. The van der Waals surface area contributed by atoms with Gasteiger partial charge in [0.25, 0.3) is 0 Å². The molecule has 14 heavy (non-hydrogen) atoms. The predicted molar refractivity (Wildman–Crippen MR) is 64.2 cm³/mol. The Hall–Kier alpha value is -1.13. The lowest BCUT2D eigenvalue weighted by Crippen LogP contribution is -2.38. The summed E-state index contributed by atoms with van der Waals surface area (Å²) < 4.78 is 0. The average molecular weight is 209 g/mol. The van der Waals surface area contributed by atoms with Gasteiger partial charge in [0, 0.05) is 19.8 Å². The Balaban J connectivity index is 2.56. The van der Waals surface area contributed by atoms with Gasteiger partial charge in [-0.25, -0.2) is 5.01 Å². The number of anilines is 1. The number of hydrogen-bond acceptors (Lipinski definition) is 2. The topological polar surface area (TPSA) is 27.3 Å². The molecule has 1 aromatic rings. The minimum atomic E-state index is 0.598. The number of hydrazine groups is 1. The average Bonchev–Trinajstić information content (AvgIpc) is 2.01. The lowest BCUT2D eigenvalue weighted by atomic mass is 10.2. The summed E-state index contributed by atoms with van der Waals surface area (Å²) in [5.74, 6) is 0. The zero-order chi connectivity index (χ0) is 10.6. The van der Waals surface area contributed by atoms with Crippen LogP contribution in [0.2, 0.25) is 0 Å². The van der Waals surface area contributed by atoms with Crippen LogP contribution < -0.4 is 10.7 Å². The highest BCUT2D eigenvalue weighted by Gasteiger charge is 1.97. The fourth-order valence-electron chi connectivity index (χ4n) is 1.08. The third-order valence-corrected chi connectivity index (χ3v) is 1.79. The monoisotopic (exact) mass is 209 g/mol. The molecule has 0 aliphatic heterocycles. The SMILES string of the molecule is Cc1cccc(NC(=S)NN(C)C)c1. The molecule has 0 spiro atoms. The van der Waals surface area contributed by atoms with Crippen LogP contribution in [0.15, 0.2) is 24.3 Å². The van der Waals surface area contributed by atoms with E-state index in [-0.39, 0.29) is 0 Å². The summed E-state index contributed by atoms with van der Waals surface area (Å²) in [4.78, 5) is 0. The van der Waals surface area contributed by atoms with Gasteiger partial charge in [-0.1, -0.05) is 12.1 Å². The number of aryl methyl sites for hydroxylation is 1. The molecule has 3 nitrogen and oxygen atoms in total. The Morgan fingerprint density at radius 1 is 1.36 bits per heavy atom. The Labute approximate surface area is 90.1 Å². The lowest BCUT2D eigenvalue weighted by molar-refractivity contribution is 0.365. The molecule has 2 N–H and O–H groups in total. The van der Waals surface area contributed by atoms with E-state index in [1.165, 1.54) is 5.56 Å². The van der Waals surface area contributed by atoms with Crippen molar-refractivity contribution in [1.82, 2.24) is 10.4 Å². The van der Waals surface area contributed by atoms with Crippen LogP contribution in [0.4, 0.5) is 5.69 Å². The van der Waals surface area contributed by atoms with Crippen molar-refractivity contribution in [2.24, 2.45) is 0 Å². The van der Waals surface area contributed by atoms with Crippen LogP contribution in [0.3, 0.4) is 0 Å². The van der Waals surface area contributed by atoms with Gasteiger partial charge >= 0.3 is 0 Å². The molecule has 0 bridgehead atoms. The van der Waals surface area contributed by atoms with Crippen molar-refractivity contribution in [3.8, 4) is 0 Å². The van der Waals surface area contributed by atoms with Gasteiger partial charge in [-0.05, 0) is 36.8 Å². The molecule has 0 aromatic heterocycles. The van der Waals surface area contributed by atoms with Crippen molar-refractivity contribution in [2.45, 2.75) is 6.92 Å². The molecule has 4 heteroatoms. The summed E-state index contributed by atoms with van der Waals surface area (Å²) in [6.07, 6.45) is 0. The maximum Gasteiger partial charge on any atom is 0.185 e. The number of benzene rings is 1. The normalized spacial score (nSPS) is 10.0. The summed E-state index contributed by atoms with van der Waals surface area (Å²) >= 11 is 5.09. The van der Waals surface area contributed by atoms with Gasteiger partial charge in [0.15, 0.2) is 5.11 Å². The van der Waals surface area contributed by atoms with Crippen molar-refractivity contribution in [1.29, 1.82) is 0 Å². The van der Waals surface area contributed by atoms with Gasteiger partial charge in [-0.2, -0.15) is 0 Å². The van der Waals surface area contributed by atoms with E-state index in [0.29, 0.717) is 5.11 Å². The molecule has 76 valence electrons. The number of rotatable bonds is 2. The van der Waals surface area contributed by atoms with Crippen LogP contribution in [0.25, 0.3) is 0 Å². The van der Waals surface area contributed by atoms with E-state index >= 15 is 0 Å². The number of hydrogen-bond donors (Lipinski definition) is 2. The first-order valence-electron chi connectivity index (χ1n) is 4.39. The summed E-state index contributed by atoms with van der Waals surface area (Å²) in [6.45, 7) is 2.05. The molecule has 0 saturated heterocycles. The van der Waals surface area contributed by atoms with Gasteiger partial charge in [-0.15, -0.1) is 0 Å². The van der Waals surface area contributed by atoms with Crippen molar-refractivity contribution < 1.29 is 0 Å². The molecule has 0 aliphatic rings. The Morgan fingerprint density at radius 2 is 2.07 bits per heavy atom. The standard InChI is InChI=1S/C10H15N3S/c1-8-5-4-6-9(7-8)11-10(14)12-13(2)3/h4-7H,1-3H3,(H2,11,12,14). The van der Waals surface area contributed by atoms with E-state index in [0.717, 1.165) is 5.69 Å². The van der Waals surface area contributed by atoms with Crippen molar-refractivity contribution in [3.05, 3.63) is 29.8 Å². The summed E-state index contributed by atoms with van der Waals surface area (Å²) in [6, 6.07) is 8.07. The molecular formula is C10H15N3S. The van der Waals surface area contributed by atoms with Crippen LogP contribution in [-0.4, -0.2) is 24.2 Å². The predicted octanol–water partition coefficient (Wildman–Crippen LogP) is 1.76. The molecule has 1 rings (SSSR count). The zero-order valence-electron chi connectivity index (χ0n) is 8.66. The zero-order valence-corrected chi connectivity index (χ0v) is 9.48. The largest absolute Gasteiger partial charge is 0.332 e. The third kappa shape index (κ3) is 3.72. The first-order chi connectivity index (χ1) is 6.58. The number of nitrogens with one attached hydrogen (secondary N) is 2. The van der Waals surface area contributed by atoms with Gasteiger partial charge in [-0.3, -0.25) is 5.43 Å². The van der Waals surface area contributed by atoms with Crippen LogP contribution in [-0.2, 0) is 0 Å². The van der Waals surface area contributed by atoms with Crippen LogP contribution in [0, 0.1) is 6.92 Å². The van der Waals surface area contributed by atoms with E-state index in [4.69, 9.17) is 12.2 Å². The minimum Gasteiger partial charge on any atom is -0.332 e. The van der Waals surface area contributed by atoms with E-state index in [9.17, 15) is 0 Å². The third-order valence-electron chi connectivity index (χ3n) is 1.60. The molecule has 0 amide bonds. The van der Waals surface area contributed by atoms with E-state index in [2.05, 4.69) is 10.7 Å². The molecule has 0 aliphatic carbocycles. The fourth-order valence-corrected chi connectivity index (χ4v) is 1.39. The highest BCUT2D eigenvalue weighted by Crippen LogP contribution is 2.08. The Morgan fingerprint density at radius 3 is 2.64 bits per heavy atom. The lowest BCUT2D eigenvalue weighted by Gasteiger charge is -2.15. The Kier molecular flexibility index (Phi) is 3.85. The molecule has 0 atom stereocenters. The van der Waals surface area contributed by atoms with Gasteiger partial charge in [0.1, 0.15) is 0 Å². The summed E-state index contributed by atoms with van der Waals surface area (Å²) in [7, 11) is 3.79. The van der Waals surface area contributed by atoms with Crippen molar-refractivity contribution in [3.63, 3.8) is 0 Å². The number of nitrogens with zero attached hydrogens (tertiary/aromatic N) is 1. The fraction of sp³-hybridized carbons (Fsp3) is 0.300. The minimum absolute atomic E-state index is 0.598. The Bertz CT molecular complexity index is 323. The first-order valence-corrected chi connectivity index (χ1v) is 4.80. The summed E-state index contributed by atoms with van der Waals surface area (Å²) in [5, 5.41) is 5.49. The number of thiocarbonyl (C=S) groups is 1. The second kappa shape index (κ2) is 4.93. The molecule has 0 unspecified atom stereocenters. The smallest absolute Gasteiger partial charge is 0.185 e. The van der Waals surface area contributed by atoms with Gasteiger partial charge in [0.05, 0.1) is 0 Å². The van der Waals surface area contributed by atoms with Crippen LogP contribution in [0.1, 0.15) is 5.56 Å². The molecule has 1 aromatic carbocycles. The summed E-state index contributed by atoms with van der Waals surface area (Å²) in [5.41, 5.74) is 5.18. The van der Waals surface area contributed by atoms with E-state index in [1.54, 1.807) is 5.01 Å². The van der Waals surface area contributed by atoms with Crippen LogP contribution >= 0.6 is 12.2 Å². The quantitative estimate of drug-likeness (QED) is 0.573. The van der Waals surface area contributed by atoms with Gasteiger partial charge in [0.2, 0.25) is 0 Å². The maximum atomic E-state index is 5.09. The molecule has 0 fully saturated rings. The van der Waals surface area contributed by atoms with E-state index in [1.807, 2.05) is 45.3 Å². The second-order valence-corrected chi connectivity index (χ2v) is 3.74. The molecule has 0 heterocycles. The highest BCUT2D eigenvalue weighted by molar-refractivity contribution is 7.80. The second-order valence-electron chi connectivity index (χ2n) is 3.33. The molecular weight excluding hydrogens is 194 g/mol. The van der Waals surface area contributed by atoms with Gasteiger partial charge < -0.3 is 5.32 Å². The molecule has 0 saturated carbocycles. The van der Waals surface area contributed by atoms with E-state index < -0.39 is 0 Å². The van der Waals surface area contributed by atoms with Crippen LogP contribution in [0.5, 0.6) is 0 Å². The van der Waals surface area contributed by atoms with Crippen molar-refractivity contribution in [2.75, 3.05) is 19.4 Å². The highest BCUT2D eigenvalue weighted by atomic mass is 32.1.